The standard InChI is InChI=1S/C27H32ClN3O2/c1-20(2)29-27(32)19-31-18-24(17-26(31)23-4-3-5-25(28)16-23)22-8-6-21(7-9-22)10-11-30-12-14-33-15-13-30/h3-9,16-18,20H,10-15,19H2,1-2H3,(H,29,32). The van der Waals surface area contributed by atoms with Crippen LogP contribution in [0.3, 0.4) is 0 Å². The van der Waals surface area contributed by atoms with Crippen molar-refractivity contribution in [3.8, 4) is 22.4 Å². The van der Waals surface area contributed by atoms with E-state index in [1.807, 2.05) is 42.7 Å². The van der Waals surface area contributed by atoms with Gasteiger partial charge in [-0.2, -0.15) is 0 Å². The van der Waals surface area contributed by atoms with E-state index in [0.717, 1.165) is 61.7 Å². The van der Waals surface area contributed by atoms with Crippen LogP contribution in [-0.4, -0.2) is 54.3 Å². The number of hydrogen-bond acceptors (Lipinski definition) is 3. The summed E-state index contributed by atoms with van der Waals surface area (Å²) in [6, 6.07) is 18.8. The third kappa shape index (κ3) is 6.47. The molecule has 174 valence electrons. The van der Waals surface area contributed by atoms with Crippen molar-refractivity contribution < 1.29 is 9.53 Å². The Labute approximate surface area is 201 Å². The molecule has 1 N–H and O–H groups in total. The van der Waals surface area contributed by atoms with Crippen LogP contribution in [0.15, 0.2) is 60.8 Å². The van der Waals surface area contributed by atoms with Gasteiger partial charge in [-0.1, -0.05) is 48.0 Å². The van der Waals surface area contributed by atoms with Crippen molar-refractivity contribution in [2.24, 2.45) is 0 Å². The number of rotatable bonds is 8. The van der Waals surface area contributed by atoms with E-state index >= 15 is 0 Å². The molecule has 0 spiro atoms. The zero-order valence-corrected chi connectivity index (χ0v) is 20.1. The Morgan fingerprint density at radius 3 is 2.48 bits per heavy atom. The second kappa shape index (κ2) is 11.0. The van der Waals surface area contributed by atoms with Gasteiger partial charge in [-0.05, 0) is 60.7 Å². The van der Waals surface area contributed by atoms with Crippen LogP contribution < -0.4 is 5.32 Å². The summed E-state index contributed by atoms with van der Waals surface area (Å²) in [5.74, 6) is -0.00566. The van der Waals surface area contributed by atoms with Gasteiger partial charge in [0, 0.05) is 42.6 Å². The Bertz CT molecular complexity index is 1070. The minimum Gasteiger partial charge on any atom is -0.379 e. The first-order valence-corrected chi connectivity index (χ1v) is 12.0. The van der Waals surface area contributed by atoms with Crippen LogP contribution in [0.2, 0.25) is 5.02 Å². The number of nitrogens with one attached hydrogen (secondary N) is 1. The zero-order valence-electron chi connectivity index (χ0n) is 19.4. The van der Waals surface area contributed by atoms with Gasteiger partial charge < -0.3 is 14.6 Å². The molecule has 0 atom stereocenters. The van der Waals surface area contributed by atoms with Crippen LogP contribution in [0.25, 0.3) is 22.4 Å². The Morgan fingerprint density at radius 2 is 1.79 bits per heavy atom. The van der Waals surface area contributed by atoms with Gasteiger partial charge in [-0.15, -0.1) is 0 Å². The molecule has 0 aliphatic carbocycles. The summed E-state index contributed by atoms with van der Waals surface area (Å²) in [4.78, 5) is 15.0. The fourth-order valence-corrected chi connectivity index (χ4v) is 4.38. The third-order valence-corrected chi connectivity index (χ3v) is 6.12. The van der Waals surface area contributed by atoms with Crippen LogP contribution >= 0.6 is 11.6 Å². The maximum atomic E-state index is 12.5. The first-order valence-electron chi connectivity index (χ1n) is 11.6. The minimum atomic E-state index is -0.00566. The Morgan fingerprint density at radius 1 is 1.03 bits per heavy atom. The van der Waals surface area contributed by atoms with Gasteiger partial charge in [-0.3, -0.25) is 9.69 Å². The lowest BCUT2D eigenvalue weighted by atomic mass is 10.0. The van der Waals surface area contributed by atoms with E-state index in [0.29, 0.717) is 5.02 Å². The molecule has 1 aliphatic rings. The molecule has 0 unspecified atom stereocenters. The van der Waals surface area contributed by atoms with E-state index in [2.05, 4.69) is 46.7 Å². The first-order chi connectivity index (χ1) is 16.0. The number of nitrogens with zero attached hydrogens (tertiary/aromatic N) is 2. The fraction of sp³-hybridized carbons (Fsp3) is 0.370. The third-order valence-electron chi connectivity index (χ3n) is 5.89. The SMILES string of the molecule is CC(C)NC(=O)Cn1cc(-c2ccc(CCN3CCOCC3)cc2)cc1-c1cccc(Cl)c1. The quantitative estimate of drug-likeness (QED) is 0.516. The predicted octanol–water partition coefficient (Wildman–Crippen LogP) is 4.87. The number of morpholine rings is 1. The summed E-state index contributed by atoms with van der Waals surface area (Å²) >= 11 is 6.25. The molecule has 4 rings (SSSR count). The molecule has 1 aromatic heterocycles. The molecule has 1 amide bonds. The van der Waals surface area contributed by atoms with Gasteiger partial charge in [0.2, 0.25) is 5.91 Å². The topological polar surface area (TPSA) is 46.5 Å². The molecule has 2 aromatic carbocycles. The number of benzene rings is 2. The molecule has 1 aliphatic heterocycles. The highest BCUT2D eigenvalue weighted by Crippen LogP contribution is 2.30. The van der Waals surface area contributed by atoms with E-state index in [9.17, 15) is 4.79 Å². The molecular formula is C27H32ClN3O2. The lowest BCUT2D eigenvalue weighted by Crippen LogP contribution is -2.37. The van der Waals surface area contributed by atoms with Crippen LogP contribution in [-0.2, 0) is 22.5 Å². The summed E-state index contributed by atoms with van der Waals surface area (Å²) in [6.45, 7) is 8.96. The van der Waals surface area contributed by atoms with Crippen LogP contribution in [0.4, 0.5) is 0 Å². The van der Waals surface area contributed by atoms with Crippen molar-refractivity contribution in [1.82, 2.24) is 14.8 Å². The molecule has 1 fully saturated rings. The summed E-state index contributed by atoms with van der Waals surface area (Å²) in [5, 5.41) is 3.66. The van der Waals surface area contributed by atoms with Crippen molar-refractivity contribution in [3.05, 3.63) is 71.4 Å². The number of carbonyl (C=O) groups is 1. The predicted molar refractivity (Wildman–Crippen MR) is 135 cm³/mol. The Hall–Kier alpha value is -2.60. The molecule has 5 nitrogen and oxygen atoms in total. The van der Waals surface area contributed by atoms with Gasteiger partial charge >= 0.3 is 0 Å². The highest BCUT2D eigenvalue weighted by Gasteiger charge is 2.14. The maximum absolute atomic E-state index is 12.5. The summed E-state index contributed by atoms with van der Waals surface area (Å²) in [6.07, 6.45) is 3.09. The smallest absolute Gasteiger partial charge is 0.240 e. The highest BCUT2D eigenvalue weighted by atomic mass is 35.5. The van der Waals surface area contributed by atoms with Gasteiger partial charge in [0.05, 0.1) is 13.2 Å². The van der Waals surface area contributed by atoms with Crippen LogP contribution in [0.1, 0.15) is 19.4 Å². The second-order valence-electron chi connectivity index (χ2n) is 8.88. The summed E-state index contributed by atoms with van der Waals surface area (Å²) < 4.78 is 7.44. The number of aromatic nitrogens is 1. The zero-order chi connectivity index (χ0) is 23.2. The molecule has 2 heterocycles. The van der Waals surface area contributed by atoms with Crippen molar-refractivity contribution in [3.63, 3.8) is 0 Å². The molecule has 0 bridgehead atoms. The molecule has 3 aromatic rings. The van der Waals surface area contributed by atoms with Crippen molar-refractivity contribution in [2.45, 2.75) is 32.9 Å². The van der Waals surface area contributed by atoms with E-state index in [1.165, 1.54) is 5.56 Å². The normalized spacial score (nSPS) is 14.5. The van der Waals surface area contributed by atoms with Crippen molar-refractivity contribution >= 4 is 17.5 Å². The monoisotopic (exact) mass is 465 g/mol. The van der Waals surface area contributed by atoms with E-state index in [4.69, 9.17) is 16.3 Å². The average molecular weight is 466 g/mol. The summed E-state index contributed by atoms with van der Waals surface area (Å²) in [7, 11) is 0. The Kier molecular flexibility index (Phi) is 7.86. The van der Waals surface area contributed by atoms with E-state index in [-0.39, 0.29) is 18.5 Å². The molecule has 6 heteroatoms. The average Bonchev–Trinajstić information content (AvgIpc) is 3.22. The lowest BCUT2D eigenvalue weighted by molar-refractivity contribution is -0.122. The van der Waals surface area contributed by atoms with Crippen LogP contribution in [0, 0.1) is 0 Å². The molecule has 0 saturated carbocycles. The summed E-state index contributed by atoms with van der Waals surface area (Å²) in [5.41, 5.74) is 5.52. The second-order valence-corrected chi connectivity index (χ2v) is 9.31. The first kappa shape index (κ1) is 23.6. The molecule has 1 saturated heterocycles. The van der Waals surface area contributed by atoms with Crippen molar-refractivity contribution in [1.29, 1.82) is 0 Å². The van der Waals surface area contributed by atoms with E-state index in [1.54, 1.807) is 0 Å². The molecular weight excluding hydrogens is 434 g/mol. The maximum Gasteiger partial charge on any atom is 0.240 e. The van der Waals surface area contributed by atoms with Gasteiger partial charge in [0.25, 0.3) is 0 Å². The van der Waals surface area contributed by atoms with Gasteiger partial charge in [0.1, 0.15) is 6.54 Å². The minimum absolute atomic E-state index is 0.00566. The van der Waals surface area contributed by atoms with Crippen LogP contribution in [0.5, 0.6) is 0 Å². The van der Waals surface area contributed by atoms with E-state index < -0.39 is 0 Å². The largest absolute Gasteiger partial charge is 0.379 e. The Balaban J connectivity index is 1.54. The van der Waals surface area contributed by atoms with Gasteiger partial charge in [-0.25, -0.2) is 0 Å². The lowest BCUT2D eigenvalue weighted by Gasteiger charge is -2.26. The molecule has 0 radical (unpaired) electrons. The number of hydrogen-bond donors (Lipinski definition) is 1. The number of halogens is 1. The number of carbonyl (C=O) groups excluding carboxylic acids is 1. The number of amides is 1. The van der Waals surface area contributed by atoms with Crippen molar-refractivity contribution in [2.75, 3.05) is 32.8 Å². The number of ether oxygens (including phenoxy) is 1. The highest BCUT2D eigenvalue weighted by molar-refractivity contribution is 6.30. The van der Waals surface area contributed by atoms with Gasteiger partial charge in [0.15, 0.2) is 0 Å². The molecule has 33 heavy (non-hydrogen) atoms. The fourth-order valence-electron chi connectivity index (χ4n) is 4.19.